The fourth-order valence-electron chi connectivity index (χ4n) is 4.91. The van der Waals surface area contributed by atoms with Crippen molar-refractivity contribution in [2.75, 3.05) is 13.2 Å². The van der Waals surface area contributed by atoms with Crippen molar-refractivity contribution in [1.29, 1.82) is 0 Å². The molecule has 4 atom stereocenters. The number of aliphatic hydroxyl groups excluding tert-OH is 1. The fourth-order valence-corrected chi connectivity index (χ4v) is 5.93. The summed E-state index contributed by atoms with van der Waals surface area (Å²) < 4.78 is 33.5. The molecule has 4 aromatic rings. The summed E-state index contributed by atoms with van der Waals surface area (Å²) in [6.45, 7) is 12.6. The molecule has 0 aliphatic carbocycles. The predicted octanol–water partition coefficient (Wildman–Crippen LogP) is 8.34. The van der Waals surface area contributed by atoms with Crippen molar-refractivity contribution in [2.24, 2.45) is 0 Å². The molecule has 6 nitrogen and oxygen atoms in total. The average molecular weight is 657 g/mol. The maximum atomic E-state index is 10.8. The summed E-state index contributed by atoms with van der Waals surface area (Å²) in [5, 5.41) is 10.8. The van der Waals surface area contributed by atoms with Gasteiger partial charge in [0, 0.05) is 0 Å². The summed E-state index contributed by atoms with van der Waals surface area (Å²) in [6.07, 6.45) is -2.55. The van der Waals surface area contributed by atoms with E-state index in [1.54, 1.807) is 0 Å². The van der Waals surface area contributed by atoms with Crippen LogP contribution in [0.4, 0.5) is 0 Å². The highest BCUT2D eigenvalue weighted by atomic mass is 28.4. The smallest absolute Gasteiger partial charge is 0.192 e. The van der Waals surface area contributed by atoms with Crippen LogP contribution in [0.15, 0.2) is 121 Å². The largest absolute Gasteiger partial charge is 0.414 e. The van der Waals surface area contributed by atoms with Crippen LogP contribution in [-0.4, -0.2) is 51.1 Å². The predicted molar refractivity (Wildman–Crippen MR) is 190 cm³/mol. The summed E-state index contributed by atoms with van der Waals surface area (Å²) in [4.78, 5) is 0. The van der Waals surface area contributed by atoms with E-state index in [1.165, 1.54) is 0 Å². The maximum Gasteiger partial charge on any atom is 0.192 e. The first-order valence-electron chi connectivity index (χ1n) is 16.5. The molecule has 4 rings (SSSR count). The standard InChI is InChI=1S/C40H52O6Si/c1-40(2,3)47(4,5)46-31-37(43-28-33-20-12-7-13-21-33)39(45-30-35-24-16-9-17-25-35)38(44-29-34-22-14-8-15-23-34)36(26-41)42-27-32-18-10-6-11-19-32/h6-25,36-39,41H,26-31H2,1-5H3/t36-,37-,38-,39-/m1/s1. The van der Waals surface area contributed by atoms with Gasteiger partial charge >= 0.3 is 0 Å². The van der Waals surface area contributed by atoms with E-state index < -0.39 is 32.7 Å². The van der Waals surface area contributed by atoms with Crippen LogP contribution >= 0.6 is 0 Å². The zero-order valence-electron chi connectivity index (χ0n) is 28.6. The number of hydrogen-bond acceptors (Lipinski definition) is 6. The second-order valence-electron chi connectivity index (χ2n) is 13.4. The van der Waals surface area contributed by atoms with Gasteiger partial charge in [0.1, 0.15) is 24.4 Å². The second kappa shape index (κ2) is 18.4. The SMILES string of the molecule is CC(C)(C)[Si](C)(C)OC[C@@H](OCc1ccccc1)[C@@H](OCc1ccccc1)[C@H](OCc1ccccc1)[C@@H](CO)OCc1ccccc1. The summed E-state index contributed by atoms with van der Waals surface area (Å²) >= 11 is 0. The lowest BCUT2D eigenvalue weighted by Crippen LogP contribution is -2.53. The quantitative estimate of drug-likeness (QED) is 0.102. The summed E-state index contributed by atoms with van der Waals surface area (Å²) in [6, 6.07) is 40.2. The molecule has 0 aliphatic heterocycles. The number of benzene rings is 4. The molecule has 0 bridgehead atoms. The molecule has 4 aromatic carbocycles. The van der Waals surface area contributed by atoms with Gasteiger partial charge in [-0.05, 0) is 40.4 Å². The minimum atomic E-state index is -2.17. The number of rotatable bonds is 19. The highest BCUT2D eigenvalue weighted by Gasteiger charge is 2.42. The Hall–Kier alpha value is -3.14. The first-order chi connectivity index (χ1) is 22.7. The molecule has 0 aromatic heterocycles. The van der Waals surface area contributed by atoms with E-state index in [4.69, 9.17) is 23.4 Å². The normalized spacial score (nSPS) is 14.8. The van der Waals surface area contributed by atoms with Crippen LogP contribution in [0.2, 0.25) is 18.1 Å². The zero-order valence-corrected chi connectivity index (χ0v) is 29.6. The minimum absolute atomic E-state index is 0.00696. The van der Waals surface area contributed by atoms with Crippen LogP contribution in [-0.2, 0) is 49.8 Å². The molecule has 0 spiro atoms. The van der Waals surface area contributed by atoms with Crippen LogP contribution < -0.4 is 0 Å². The Morgan fingerprint density at radius 3 is 1.17 bits per heavy atom. The van der Waals surface area contributed by atoms with Gasteiger partial charge in [0.15, 0.2) is 8.32 Å². The van der Waals surface area contributed by atoms with Crippen LogP contribution in [0, 0.1) is 0 Å². The van der Waals surface area contributed by atoms with Gasteiger partial charge in [0.25, 0.3) is 0 Å². The Morgan fingerprint density at radius 2 is 0.830 bits per heavy atom. The Morgan fingerprint density at radius 1 is 0.511 bits per heavy atom. The third-order valence-electron chi connectivity index (χ3n) is 8.84. The van der Waals surface area contributed by atoms with Gasteiger partial charge in [-0.3, -0.25) is 0 Å². The molecule has 0 heterocycles. The van der Waals surface area contributed by atoms with E-state index in [2.05, 4.69) is 46.0 Å². The highest BCUT2D eigenvalue weighted by Crippen LogP contribution is 2.37. The fraction of sp³-hybridized carbons (Fsp3) is 0.400. The van der Waals surface area contributed by atoms with Crippen LogP contribution in [0.1, 0.15) is 43.0 Å². The van der Waals surface area contributed by atoms with Crippen molar-refractivity contribution >= 4 is 8.32 Å². The highest BCUT2D eigenvalue weighted by molar-refractivity contribution is 6.74. The molecule has 0 fully saturated rings. The Labute approximate surface area is 282 Å². The minimum Gasteiger partial charge on any atom is -0.414 e. The summed E-state index contributed by atoms with van der Waals surface area (Å²) in [7, 11) is -2.17. The van der Waals surface area contributed by atoms with Crippen molar-refractivity contribution in [3.8, 4) is 0 Å². The van der Waals surface area contributed by atoms with Crippen molar-refractivity contribution in [3.63, 3.8) is 0 Å². The second-order valence-corrected chi connectivity index (χ2v) is 18.3. The number of hydrogen-bond donors (Lipinski definition) is 1. The topological polar surface area (TPSA) is 66.4 Å². The molecule has 0 unspecified atom stereocenters. The van der Waals surface area contributed by atoms with Gasteiger partial charge in [-0.25, -0.2) is 0 Å². The van der Waals surface area contributed by atoms with Gasteiger partial charge in [-0.1, -0.05) is 142 Å². The molecule has 0 saturated heterocycles. The first-order valence-corrected chi connectivity index (χ1v) is 19.4. The lowest BCUT2D eigenvalue weighted by atomic mass is 10.0. The van der Waals surface area contributed by atoms with E-state index in [-0.39, 0.29) is 11.6 Å². The van der Waals surface area contributed by atoms with E-state index in [9.17, 15) is 5.11 Å². The summed E-state index contributed by atoms with van der Waals surface area (Å²) in [5.41, 5.74) is 4.09. The van der Waals surface area contributed by atoms with Crippen molar-refractivity contribution in [1.82, 2.24) is 0 Å². The maximum absolute atomic E-state index is 10.8. The third-order valence-corrected chi connectivity index (χ3v) is 13.3. The van der Waals surface area contributed by atoms with E-state index in [0.717, 1.165) is 22.3 Å². The number of ether oxygens (including phenoxy) is 4. The van der Waals surface area contributed by atoms with Crippen molar-refractivity contribution in [3.05, 3.63) is 144 Å². The van der Waals surface area contributed by atoms with Crippen LogP contribution in [0.5, 0.6) is 0 Å². The lowest BCUT2D eigenvalue weighted by Gasteiger charge is -2.40. The van der Waals surface area contributed by atoms with Crippen molar-refractivity contribution < 1.29 is 28.5 Å². The molecular weight excluding hydrogens is 605 g/mol. The van der Waals surface area contributed by atoms with E-state index in [1.807, 2.05) is 109 Å². The average Bonchev–Trinajstić information content (AvgIpc) is 3.09. The van der Waals surface area contributed by atoms with E-state index in [0.29, 0.717) is 33.0 Å². The van der Waals surface area contributed by atoms with Gasteiger partial charge in [-0.15, -0.1) is 0 Å². The van der Waals surface area contributed by atoms with Gasteiger partial charge in [0.2, 0.25) is 0 Å². The monoisotopic (exact) mass is 656 g/mol. The van der Waals surface area contributed by atoms with Crippen LogP contribution in [0.25, 0.3) is 0 Å². The zero-order chi connectivity index (χ0) is 33.5. The Balaban J connectivity index is 1.70. The lowest BCUT2D eigenvalue weighted by molar-refractivity contribution is -0.201. The summed E-state index contributed by atoms with van der Waals surface area (Å²) in [5.74, 6) is 0. The van der Waals surface area contributed by atoms with Gasteiger partial charge in [0.05, 0.1) is 39.6 Å². The molecule has 1 N–H and O–H groups in total. The van der Waals surface area contributed by atoms with Crippen LogP contribution in [0.3, 0.4) is 0 Å². The Kier molecular flexibility index (Phi) is 14.4. The molecular formula is C40H52O6Si. The molecule has 0 amide bonds. The van der Waals surface area contributed by atoms with Gasteiger partial charge < -0.3 is 28.5 Å². The van der Waals surface area contributed by atoms with Gasteiger partial charge in [-0.2, -0.15) is 0 Å². The number of aliphatic hydroxyl groups is 1. The van der Waals surface area contributed by atoms with E-state index >= 15 is 0 Å². The Bertz CT molecular complexity index is 1400. The molecule has 47 heavy (non-hydrogen) atoms. The third kappa shape index (κ3) is 11.8. The molecule has 7 heteroatoms. The molecule has 252 valence electrons. The molecule has 0 radical (unpaired) electrons. The first kappa shape index (κ1) is 36.7. The molecule has 0 saturated carbocycles. The molecule has 0 aliphatic rings. The van der Waals surface area contributed by atoms with Crippen molar-refractivity contribution in [2.45, 2.75) is 89.7 Å².